The molecule has 5 nitrogen and oxygen atoms in total. The largest absolute Gasteiger partial charge is 0.345 e. The molecule has 66 valence electrons. The van der Waals surface area contributed by atoms with E-state index in [1.54, 1.807) is 13.4 Å². The molecule has 2 heterocycles. The number of aryl methyl sites for hydroxylation is 1. The third-order valence-electron chi connectivity index (χ3n) is 2.18. The van der Waals surface area contributed by atoms with Gasteiger partial charge in [-0.1, -0.05) is 0 Å². The second-order valence-electron chi connectivity index (χ2n) is 3.23. The zero-order chi connectivity index (χ0) is 8.55. The molecule has 1 fully saturated rings. The van der Waals surface area contributed by atoms with E-state index in [0.717, 1.165) is 19.6 Å². The molecule has 0 saturated carbocycles. The molecule has 0 aliphatic carbocycles. The Balaban J connectivity index is 2.12. The van der Waals surface area contributed by atoms with Crippen LogP contribution in [-0.4, -0.2) is 27.4 Å². The molecular weight excluding hydrogens is 156 g/mol. The number of hydrogen-bond acceptors (Lipinski definition) is 3. The second-order valence-corrected chi connectivity index (χ2v) is 3.23. The maximum Gasteiger partial charge on any atom is 0.345 e. The van der Waals surface area contributed by atoms with E-state index in [0.29, 0.717) is 5.92 Å². The van der Waals surface area contributed by atoms with Crippen molar-refractivity contribution in [1.29, 1.82) is 0 Å². The molecule has 5 heteroatoms. The predicted molar refractivity (Wildman–Crippen MR) is 43.8 cm³/mol. The van der Waals surface area contributed by atoms with Crippen molar-refractivity contribution in [1.82, 2.24) is 19.7 Å². The van der Waals surface area contributed by atoms with Gasteiger partial charge in [-0.3, -0.25) is 4.57 Å². The SMILES string of the molecule is Cn1cnn(CC2CNC2)c1=O. The van der Waals surface area contributed by atoms with Crippen molar-refractivity contribution < 1.29 is 0 Å². The highest BCUT2D eigenvalue weighted by atomic mass is 16.2. The van der Waals surface area contributed by atoms with Gasteiger partial charge in [0.2, 0.25) is 0 Å². The Bertz CT molecular complexity index is 322. The highest BCUT2D eigenvalue weighted by Gasteiger charge is 2.18. The van der Waals surface area contributed by atoms with Gasteiger partial charge in [-0.2, -0.15) is 5.10 Å². The van der Waals surface area contributed by atoms with Gasteiger partial charge in [0, 0.05) is 26.1 Å². The van der Waals surface area contributed by atoms with E-state index in [1.165, 1.54) is 9.25 Å². The topological polar surface area (TPSA) is 51.9 Å². The fraction of sp³-hybridized carbons (Fsp3) is 0.714. The fourth-order valence-corrected chi connectivity index (χ4v) is 1.27. The third-order valence-corrected chi connectivity index (χ3v) is 2.18. The minimum atomic E-state index is -0.0260. The summed E-state index contributed by atoms with van der Waals surface area (Å²) in [6.45, 7) is 2.75. The van der Waals surface area contributed by atoms with Crippen LogP contribution in [0.3, 0.4) is 0 Å². The average Bonchev–Trinajstić information content (AvgIpc) is 2.27. The van der Waals surface area contributed by atoms with Gasteiger partial charge in [-0.25, -0.2) is 9.48 Å². The Labute approximate surface area is 70.0 Å². The third kappa shape index (κ3) is 1.16. The predicted octanol–water partition coefficient (Wildman–Crippen LogP) is -1.20. The van der Waals surface area contributed by atoms with Crippen LogP contribution in [0.4, 0.5) is 0 Å². The molecule has 1 aliphatic rings. The summed E-state index contributed by atoms with van der Waals surface area (Å²) in [6.07, 6.45) is 1.55. The zero-order valence-electron chi connectivity index (χ0n) is 7.03. The van der Waals surface area contributed by atoms with Crippen LogP contribution in [0.2, 0.25) is 0 Å². The van der Waals surface area contributed by atoms with Gasteiger partial charge in [0.15, 0.2) is 0 Å². The van der Waals surface area contributed by atoms with Gasteiger partial charge < -0.3 is 5.32 Å². The van der Waals surface area contributed by atoms with Crippen LogP contribution in [0.5, 0.6) is 0 Å². The van der Waals surface area contributed by atoms with Crippen molar-refractivity contribution in [2.75, 3.05) is 13.1 Å². The Morgan fingerprint density at radius 1 is 1.75 bits per heavy atom. The normalized spacial score (nSPS) is 17.8. The summed E-state index contributed by atoms with van der Waals surface area (Å²) in [5.74, 6) is 0.581. The monoisotopic (exact) mass is 168 g/mol. The zero-order valence-corrected chi connectivity index (χ0v) is 7.03. The summed E-state index contributed by atoms with van der Waals surface area (Å²) >= 11 is 0. The average molecular weight is 168 g/mol. The van der Waals surface area contributed by atoms with E-state index in [2.05, 4.69) is 10.4 Å². The lowest BCUT2D eigenvalue weighted by atomic mass is 10.0. The van der Waals surface area contributed by atoms with Crippen molar-refractivity contribution in [3.8, 4) is 0 Å². The van der Waals surface area contributed by atoms with Gasteiger partial charge in [0.1, 0.15) is 6.33 Å². The molecule has 0 radical (unpaired) electrons. The van der Waals surface area contributed by atoms with Crippen molar-refractivity contribution in [3.63, 3.8) is 0 Å². The molecule has 1 aromatic heterocycles. The number of nitrogens with one attached hydrogen (secondary N) is 1. The van der Waals surface area contributed by atoms with Gasteiger partial charge in [0.05, 0.1) is 6.54 Å². The van der Waals surface area contributed by atoms with Crippen LogP contribution < -0.4 is 11.0 Å². The minimum absolute atomic E-state index is 0.0260. The highest BCUT2D eigenvalue weighted by molar-refractivity contribution is 4.76. The second kappa shape index (κ2) is 2.75. The van der Waals surface area contributed by atoms with Gasteiger partial charge in [0.25, 0.3) is 0 Å². The lowest BCUT2D eigenvalue weighted by Crippen LogP contribution is -2.45. The first kappa shape index (κ1) is 7.54. The van der Waals surface area contributed by atoms with Crippen LogP contribution in [0, 0.1) is 5.92 Å². The number of hydrogen-bond donors (Lipinski definition) is 1. The molecule has 0 unspecified atom stereocenters. The minimum Gasteiger partial charge on any atom is -0.316 e. The summed E-state index contributed by atoms with van der Waals surface area (Å²) in [4.78, 5) is 11.3. The van der Waals surface area contributed by atoms with E-state index in [4.69, 9.17) is 0 Å². The van der Waals surface area contributed by atoms with E-state index in [-0.39, 0.29) is 5.69 Å². The van der Waals surface area contributed by atoms with Crippen molar-refractivity contribution in [2.24, 2.45) is 13.0 Å². The van der Waals surface area contributed by atoms with Crippen molar-refractivity contribution in [3.05, 3.63) is 16.8 Å². The molecule has 0 atom stereocenters. The van der Waals surface area contributed by atoms with E-state index < -0.39 is 0 Å². The molecule has 0 bridgehead atoms. The lowest BCUT2D eigenvalue weighted by molar-refractivity contribution is 0.291. The molecule has 1 N–H and O–H groups in total. The lowest BCUT2D eigenvalue weighted by Gasteiger charge is -2.26. The number of aromatic nitrogens is 3. The summed E-state index contributed by atoms with van der Waals surface area (Å²) in [6, 6.07) is 0. The standard InChI is InChI=1S/C7H12N4O/c1-10-5-9-11(7(10)12)4-6-2-8-3-6/h5-6,8H,2-4H2,1H3. The maximum absolute atomic E-state index is 11.3. The van der Waals surface area contributed by atoms with Crippen LogP contribution in [0.1, 0.15) is 0 Å². The molecule has 1 saturated heterocycles. The first-order valence-corrected chi connectivity index (χ1v) is 4.06. The molecule has 1 aromatic rings. The van der Waals surface area contributed by atoms with E-state index in [9.17, 15) is 4.79 Å². The van der Waals surface area contributed by atoms with E-state index in [1.807, 2.05) is 0 Å². The van der Waals surface area contributed by atoms with Gasteiger partial charge in [-0.05, 0) is 0 Å². The Hall–Kier alpha value is -1.10. The summed E-state index contributed by atoms with van der Waals surface area (Å²) < 4.78 is 3.01. The first-order chi connectivity index (χ1) is 5.77. The molecule has 1 aliphatic heterocycles. The molecule has 0 spiro atoms. The number of nitrogens with zero attached hydrogens (tertiary/aromatic N) is 3. The van der Waals surface area contributed by atoms with Crippen LogP contribution >= 0.6 is 0 Å². The summed E-state index contributed by atoms with van der Waals surface area (Å²) in [5.41, 5.74) is -0.0260. The van der Waals surface area contributed by atoms with E-state index >= 15 is 0 Å². The Morgan fingerprint density at radius 3 is 2.92 bits per heavy atom. The molecule has 0 aromatic carbocycles. The molecule has 2 rings (SSSR count). The first-order valence-electron chi connectivity index (χ1n) is 4.06. The summed E-state index contributed by atoms with van der Waals surface area (Å²) in [7, 11) is 1.71. The molecular formula is C7H12N4O. The summed E-state index contributed by atoms with van der Waals surface area (Å²) in [5, 5.41) is 7.13. The van der Waals surface area contributed by atoms with Crippen molar-refractivity contribution >= 4 is 0 Å². The Kier molecular flexibility index (Phi) is 1.73. The number of rotatable bonds is 2. The van der Waals surface area contributed by atoms with Gasteiger partial charge in [-0.15, -0.1) is 0 Å². The van der Waals surface area contributed by atoms with Crippen LogP contribution in [0.15, 0.2) is 11.1 Å². The van der Waals surface area contributed by atoms with Crippen LogP contribution in [-0.2, 0) is 13.6 Å². The quantitative estimate of drug-likeness (QED) is 0.603. The van der Waals surface area contributed by atoms with Crippen molar-refractivity contribution in [2.45, 2.75) is 6.54 Å². The maximum atomic E-state index is 11.3. The smallest absolute Gasteiger partial charge is 0.316 e. The van der Waals surface area contributed by atoms with Gasteiger partial charge >= 0.3 is 5.69 Å². The molecule has 12 heavy (non-hydrogen) atoms. The Morgan fingerprint density at radius 2 is 2.50 bits per heavy atom. The fourth-order valence-electron chi connectivity index (χ4n) is 1.27. The van der Waals surface area contributed by atoms with Crippen LogP contribution in [0.25, 0.3) is 0 Å². The molecule has 0 amide bonds. The highest BCUT2D eigenvalue weighted by Crippen LogP contribution is 2.03.